The molecule has 0 unspecified atom stereocenters. The Morgan fingerprint density at radius 3 is 2.29 bits per heavy atom. The average molecular weight is 316 g/mol. The minimum Gasteiger partial charge on any atom is -0.495 e. The highest BCUT2D eigenvalue weighted by Crippen LogP contribution is 2.37. The molecule has 0 saturated carbocycles. The lowest BCUT2D eigenvalue weighted by atomic mass is 10.1. The second-order valence-electron chi connectivity index (χ2n) is 2.92. The normalized spacial score (nSPS) is 10.5. The fourth-order valence-corrected chi connectivity index (χ4v) is 2.97. The van der Waals surface area contributed by atoms with Gasteiger partial charge >= 0.3 is 0 Å². The van der Waals surface area contributed by atoms with Crippen molar-refractivity contribution < 1.29 is 4.74 Å². The highest BCUT2D eigenvalue weighted by Gasteiger charge is 2.08. The van der Waals surface area contributed by atoms with E-state index >= 15 is 0 Å². The monoisotopic (exact) mass is 314 g/mol. The summed E-state index contributed by atoms with van der Waals surface area (Å²) in [5, 5.41) is 2.27. The van der Waals surface area contributed by atoms with Crippen molar-refractivity contribution in [3.05, 3.63) is 39.3 Å². The van der Waals surface area contributed by atoms with E-state index < -0.39 is 0 Å². The van der Waals surface area contributed by atoms with Crippen LogP contribution in [-0.2, 0) is 0 Å². The Bertz CT molecular complexity index is 480. The molecule has 0 radical (unpaired) electrons. The number of fused-ring (bicyclic) bond motifs is 1. The van der Waals surface area contributed by atoms with Gasteiger partial charge in [-0.05, 0) is 27.4 Å². The Morgan fingerprint density at radius 1 is 1.00 bits per heavy atom. The van der Waals surface area contributed by atoms with Crippen molar-refractivity contribution in [2.45, 2.75) is 0 Å². The van der Waals surface area contributed by atoms with Gasteiger partial charge in [-0.3, -0.25) is 0 Å². The molecule has 2 aromatic carbocycles. The first-order chi connectivity index (χ1) is 6.74. The summed E-state index contributed by atoms with van der Waals surface area (Å²) in [7, 11) is 1.68. The minimum absolute atomic E-state index is 0.879. The molecule has 0 aliphatic heterocycles. The van der Waals surface area contributed by atoms with Crippen molar-refractivity contribution in [1.29, 1.82) is 0 Å². The number of halogens is 2. The fraction of sp³-hybridized carbons (Fsp3) is 0.0909. The van der Waals surface area contributed by atoms with E-state index in [0.29, 0.717) is 0 Å². The zero-order valence-electron chi connectivity index (χ0n) is 7.55. The van der Waals surface area contributed by atoms with Crippen molar-refractivity contribution in [2.24, 2.45) is 0 Å². The molecule has 0 saturated heterocycles. The number of methoxy groups -OCH3 is 1. The lowest BCUT2D eigenvalue weighted by Crippen LogP contribution is -1.87. The number of rotatable bonds is 1. The Hall–Kier alpha value is -0.540. The summed E-state index contributed by atoms with van der Waals surface area (Å²) in [5.41, 5.74) is 0. The van der Waals surface area contributed by atoms with Crippen molar-refractivity contribution in [3.8, 4) is 5.75 Å². The fourth-order valence-electron chi connectivity index (χ4n) is 1.48. The quantitative estimate of drug-likeness (QED) is 0.759. The van der Waals surface area contributed by atoms with E-state index in [2.05, 4.69) is 37.9 Å². The van der Waals surface area contributed by atoms with Crippen LogP contribution in [0.5, 0.6) is 5.75 Å². The van der Waals surface area contributed by atoms with E-state index in [9.17, 15) is 0 Å². The molecule has 0 atom stereocenters. The third-order valence-electron chi connectivity index (χ3n) is 2.10. The highest BCUT2D eigenvalue weighted by atomic mass is 79.9. The Morgan fingerprint density at radius 2 is 1.64 bits per heavy atom. The summed E-state index contributed by atoms with van der Waals surface area (Å²) in [6, 6.07) is 10.1. The third-order valence-corrected chi connectivity index (χ3v) is 3.35. The summed E-state index contributed by atoms with van der Waals surface area (Å²) < 4.78 is 7.38. The molecule has 72 valence electrons. The molecule has 0 amide bonds. The van der Waals surface area contributed by atoms with Crippen LogP contribution in [-0.4, -0.2) is 7.11 Å². The maximum atomic E-state index is 5.35. The first-order valence-electron chi connectivity index (χ1n) is 4.15. The lowest BCUT2D eigenvalue weighted by molar-refractivity contribution is 0.417. The molecule has 0 spiro atoms. The van der Waals surface area contributed by atoms with Crippen LogP contribution < -0.4 is 4.74 Å². The van der Waals surface area contributed by atoms with E-state index in [0.717, 1.165) is 25.5 Å². The van der Waals surface area contributed by atoms with Gasteiger partial charge in [0.2, 0.25) is 0 Å². The smallest absolute Gasteiger partial charge is 0.140 e. The van der Waals surface area contributed by atoms with Crippen LogP contribution in [0.1, 0.15) is 0 Å². The van der Waals surface area contributed by atoms with E-state index in [-0.39, 0.29) is 0 Å². The molecule has 0 bridgehead atoms. The molecular formula is C11H8Br2O. The second-order valence-corrected chi connectivity index (χ2v) is 4.63. The number of hydrogen-bond donors (Lipinski definition) is 0. The number of hydrogen-bond acceptors (Lipinski definition) is 1. The lowest BCUT2D eigenvalue weighted by Gasteiger charge is -2.09. The molecule has 0 N–H and O–H groups in total. The van der Waals surface area contributed by atoms with E-state index in [1.54, 1.807) is 7.11 Å². The average Bonchev–Trinajstić information content (AvgIpc) is 2.18. The Labute approximate surface area is 99.3 Å². The summed E-state index contributed by atoms with van der Waals surface area (Å²) in [4.78, 5) is 0. The zero-order valence-corrected chi connectivity index (χ0v) is 10.7. The number of ether oxygens (including phenoxy) is 1. The molecule has 2 aromatic rings. The van der Waals surface area contributed by atoms with Crippen LogP contribution in [0.4, 0.5) is 0 Å². The Balaban J connectivity index is 2.90. The Kier molecular flexibility index (Phi) is 2.79. The standard InChI is InChI=1S/C11H8Br2O/c1-14-11-8-5-3-2-4-7(8)9(12)6-10(11)13/h2-6H,1H3. The molecule has 0 aromatic heterocycles. The van der Waals surface area contributed by atoms with Crippen LogP contribution in [0.3, 0.4) is 0 Å². The molecule has 0 fully saturated rings. The van der Waals surface area contributed by atoms with Crippen LogP contribution in [0, 0.1) is 0 Å². The number of benzene rings is 2. The predicted molar refractivity (Wildman–Crippen MR) is 65.9 cm³/mol. The van der Waals surface area contributed by atoms with E-state index in [1.165, 1.54) is 0 Å². The van der Waals surface area contributed by atoms with E-state index in [4.69, 9.17) is 4.74 Å². The van der Waals surface area contributed by atoms with Gasteiger partial charge < -0.3 is 4.74 Å². The first-order valence-corrected chi connectivity index (χ1v) is 5.73. The van der Waals surface area contributed by atoms with Crippen molar-refractivity contribution in [2.75, 3.05) is 7.11 Å². The molecule has 2 rings (SSSR count). The predicted octanol–water partition coefficient (Wildman–Crippen LogP) is 4.37. The van der Waals surface area contributed by atoms with Crippen molar-refractivity contribution in [1.82, 2.24) is 0 Å². The summed E-state index contributed by atoms with van der Waals surface area (Å²) in [6.45, 7) is 0. The first kappa shape index (κ1) is 9.99. The van der Waals surface area contributed by atoms with Crippen molar-refractivity contribution in [3.63, 3.8) is 0 Å². The van der Waals surface area contributed by atoms with Crippen LogP contribution >= 0.6 is 31.9 Å². The SMILES string of the molecule is COc1c(Br)cc(Br)c2ccccc12. The molecule has 0 heterocycles. The largest absolute Gasteiger partial charge is 0.495 e. The highest BCUT2D eigenvalue weighted by molar-refractivity contribution is 9.11. The van der Waals surface area contributed by atoms with Gasteiger partial charge in [0.1, 0.15) is 5.75 Å². The van der Waals surface area contributed by atoms with Crippen LogP contribution in [0.15, 0.2) is 39.3 Å². The van der Waals surface area contributed by atoms with Gasteiger partial charge in [0.15, 0.2) is 0 Å². The summed E-state index contributed by atoms with van der Waals surface area (Å²) >= 11 is 7.00. The molecule has 1 nitrogen and oxygen atoms in total. The minimum atomic E-state index is 0.879. The van der Waals surface area contributed by atoms with Gasteiger partial charge in [0, 0.05) is 9.86 Å². The van der Waals surface area contributed by atoms with E-state index in [1.807, 2.05) is 24.3 Å². The maximum absolute atomic E-state index is 5.35. The summed E-state index contributed by atoms with van der Waals surface area (Å²) in [6.07, 6.45) is 0. The van der Waals surface area contributed by atoms with Gasteiger partial charge in [-0.25, -0.2) is 0 Å². The van der Waals surface area contributed by atoms with Gasteiger partial charge in [0.25, 0.3) is 0 Å². The molecular weight excluding hydrogens is 308 g/mol. The molecule has 0 aliphatic rings. The van der Waals surface area contributed by atoms with Crippen LogP contribution in [0.25, 0.3) is 10.8 Å². The van der Waals surface area contributed by atoms with Gasteiger partial charge in [-0.1, -0.05) is 40.2 Å². The second kappa shape index (κ2) is 3.91. The maximum Gasteiger partial charge on any atom is 0.140 e. The van der Waals surface area contributed by atoms with Gasteiger partial charge in [0.05, 0.1) is 11.6 Å². The van der Waals surface area contributed by atoms with Crippen LogP contribution in [0.2, 0.25) is 0 Å². The zero-order chi connectivity index (χ0) is 10.1. The summed E-state index contributed by atoms with van der Waals surface area (Å²) in [5.74, 6) is 0.879. The third kappa shape index (κ3) is 1.55. The molecule has 14 heavy (non-hydrogen) atoms. The van der Waals surface area contributed by atoms with Crippen molar-refractivity contribution >= 4 is 42.6 Å². The molecule has 0 aliphatic carbocycles. The molecule has 3 heteroatoms. The topological polar surface area (TPSA) is 9.23 Å². The van der Waals surface area contributed by atoms with Gasteiger partial charge in [-0.15, -0.1) is 0 Å². The van der Waals surface area contributed by atoms with Gasteiger partial charge in [-0.2, -0.15) is 0 Å².